The zero-order valence-corrected chi connectivity index (χ0v) is 11.7. The van der Waals surface area contributed by atoms with E-state index in [0.29, 0.717) is 30.4 Å². The summed E-state index contributed by atoms with van der Waals surface area (Å²) >= 11 is 0. The topological polar surface area (TPSA) is 49.3 Å². The van der Waals surface area contributed by atoms with Crippen LogP contribution in [0.25, 0.3) is 0 Å². The fourth-order valence-electron chi connectivity index (χ4n) is 1.89. The van der Waals surface area contributed by atoms with Gasteiger partial charge in [0.15, 0.2) is 0 Å². The summed E-state index contributed by atoms with van der Waals surface area (Å²) in [6.45, 7) is 5.49. The van der Waals surface area contributed by atoms with Gasteiger partial charge in [0.25, 0.3) is 0 Å². The number of hydrogen-bond donors (Lipinski definition) is 2. The monoisotopic (exact) mass is 267 g/mol. The van der Waals surface area contributed by atoms with Crippen LogP contribution >= 0.6 is 0 Å². The van der Waals surface area contributed by atoms with Crippen molar-refractivity contribution in [3.8, 4) is 0 Å². The molecule has 1 amide bonds. The van der Waals surface area contributed by atoms with Crippen LogP contribution in [0.3, 0.4) is 0 Å². The molecule has 0 fully saturated rings. The molecule has 0 aliphatic heterocycles. The molecule has 19 heavy (non-hydrogen) atoms. The Balaban J connectivity index is 2.40. The van der Waals surface area contributed by atoms with Gasteiger partial charge in [-0.15, -0.1) is 0 Å². The van der Waals surface area contributed by atoms with Crippen molar-refractivity contribution in [2.24, 2.45) is 0 Å². The van der Waals surface area contributed by atoms with Gasteiger partial charge in [-0.25, -0.2) is 4.39 Å². The summed E-state index contributed by atoms with van der Waals surface area (Å²) in [5, 5.41) is 12.8. The highest BCUT2D eigenvalue weighted by Crippen LogP contribution is 2.21. The summed E-state index contributed by atoms with van der Waals surface area (Å²) in [4.78, 5) is 11.4. The molecule has 2 N–H and O–H groups in total. The van der Waals surface area contributed by atoms with E-state index in [1.165, 1.54) is 6.07 Å². The number of amides is 1. The number of halogens is 1. The van der Waals surface area contributed by atoms with Crippen molar-refractivity contribution in [1.82, 2.24) is 5.32 Å². The maximum atomic E-state index is 13.1. The van der Waals surface area contributed by atoms with Gasteiger partial charge in [0, 0.05) is 12.5 Å². The van der Waals surface area contributed by atoms with Crippen molar-refractivity contribution in [3.63, 3.8) is 0 Å². The molecule has 4 heteroatoms. The van der Waals surface area contributed by atoms with Crippen LogP contribution in [0.15, 0.2) is 18.2 Å². The second-order valence-electron chi connectivity index (χ2n) is 5.14. The summed E-state index contributed by atoms with van der Waals surface area (Å²) < 4.78 is 13.1. The highest BCUT2D eigenvalue weighted by Gasteiger charge is 2.10. The van der Waals surface area contributed by atoms with Crippen molar-refractivity contribution >= 4 is 5.91 Å². The van der Waals surface area contributed by atoms with E-state index in [4.69, 9.17) is 0 Å². The van der Waals surface area contributed by atoms with Gasteiger partial charge in [0.05, 0.1) is 6.10 Å². The number of aliphatic hydroxyl groups excluding tert-OH is 1. The molecule has 1 atom stereocenters. The quantitative estimate of drug-likeness (QED) is 0.832. The van der Waals surface area contributed by atoms with Gasteiger partial charge in [-0.1, -0.05) is 12.1 Å². The number of rotatable bonds is 6. The molecule has 1 unspecified atom stereocenters. The van der Waals surface area contributed by atoms with E-state index in [0.717, 1.165) is 0 Å². The second kappa shape index (κ2) is 7.24. The standard InChI is InChI=1S/C15H22FNO2/c1-10(2)17-15(19)6-4-5-14(18)12-7-8-13(16)11(3)9-12/h7-10,14,18H,4-6H2,1-3H3,(H,17,19). The fourth-order valence-corrected chi connectivity index (χ4v) is 1.89. The lowest BCUT2D eigenvalue weighted by atomic mass is 10.0. The molecule has 106 valence electrons. The van der Waals surface area contributed by atoms with E-state index in [-0.39, 0.29) is 17.8 Å². The highest BCUT2D eigenvalue weighted by molar-refractivity contribution is 5.76. The summed E-state index contributed by atoms with van der Waals surface area (Å²) in [5.74, 6) is -0.273. The van der Waals surface area contributed by atoms with Crippen molar-refractivity contribution in [1.29, 1.82) is 0 Å². The van der Waals surface area contributed by atoms with Gasteiger partial charge < -0.3 is 10.4 Å². The normalized spacial score (nSPS) is 12.5. The van der Waals surface area contributed by atoms with E-state index >= 15 is 0 Å². The molecule has 0 spiro atoms. The van der Waals surface area contributed by atoms with Crippen LogP contribution in [0.1, 0.15) is 50.3 Å². The molecule has 1 aromatic rings. The fraction of sp³-hybridized carbons (Fsp3) is 0.533. The van der Waals surface area contributed by atoms with Crippen LogP contribution in [0.2, 0.25) is 0 Å². The summed E-state index contributed by atoms with van der Waals surface area (Å²) in [7, 11) is 0. The molecule has 0 radical (unpaired) electrons. The van der Waals surface area contributed by atoms with Crippen LogP contribution < -0.4 is 5.32 Å². The Morgan fingerprint density at radius 2 is 2.11 bits per heavy atom. The maximum Gasteiger partial charge on any atom is 0.220 e. The lowest BCUT2D eigenvalue weighted by Gasteiger charge is -2.12. The lowest BCUT2D eigenvalue weighted by Crippen LogP contribution is -2.29. The van der Waals surface area contributed by atoms with Crippen molar-refractivity contribution in [3.05, 3.63) is 35.1 Å². The largest absolute Gasteiger partial charge is 0.388 e. The minimum Gasteiger partial charge on any atom is -0.388 e. The number of hydrogen-bond acceptors (Lipinski definition) is 2. The first kappa shape index (κ1) is 15.6. The van der Waals surface area contributed by atoms with Gasteiger partial charge in [0.1, 0.15) is 5.82 Å². The smallest absolute Gasteiger partial charge is 0.220 e. The van der Waals surface area contributed by atoms with Crippen LogP contribution in [-0.4, -0.2) is 17.1 Å². The summed E-state index contributed by atoms with van der Waals surface area (Å²) in [6, 6.07) is 4.73. The van der Waals surface area contributed by atoms with Crippen molar-refractivity contribution in [2.45, 2.75) is 52.2 Å². The Labute approximate surface area is 113 Å². The molecule has 0 aromatic heterocycles. The van der Waals surface area contributed by atoms with Gasteiger partial charge in [-0.05, 0) is 50.8 Å². The number of aliphatic hydroxyl groups is 1. The van der Waals surface area contributed by atoms with Crippen molar-refractivity contribution < 1.29 is 14.3 Å². The van der Waals surface area contributed by atoms with E-state index in [2.05, 4.69) is 5.32 Å². The SMILES string of the molecule is Cc1cc(C(O)CCCC(=O)NC(C)C)ccc1F. The molecule has 1 aromatic carbocycles. The molecule has 0 saturated heterocycles. The maximum absolute atomic E-state index is 13.1. The Bertz CT molecular complexity index is 432. The summed E-state index contributed by atoms with van der Waals surface area (Å²) in [5.41, 5.74) is 1.22. The molecular formula is C15H22FNO2. The molecule has 0 aliphatic rings. The first-order valence-corrected chi connectivity index (χ1v) is 6.63. The van der Waals surface area contributed by atoms with Crippen LogP contribution in [0.4, 0.5) is 4.39 Å². The van der Waals surface area contributed by atoms with Gasteiger partial charge in [-0.2, -0.15) is 0 Å². The third kappa shape index (κ3) is 5.39. The zero-order chi connectivity index (χ0) is 14.4. The van der Waals surface area contributed by atoms with Gasteiger partial charge in [0.2, 0.25) is 5.91 Å². The van der Waals surface area contributed by atoms with Crippen LogP contribution in [0.5, 0.6) is 0 Å². The average Bonchev–Trinajstić information content (AvgIpc) is 2.31. The number of benzene rings is 1. The second-order valence-corrected chi connectivity index (χ2v) is 5.14. The average molecular weight is 267 g/mol. The van der Waals surface area contributed by atoms with E-state index in [1.54, 1.807) is 19.1 Å². The van der Waals surface area contributed by atoms with Gasteiger partial charge >= 0.3 is 0 Å². The van der Waals surface area contributed by atoms with Gasteiger partial charge in [-0.3, -0.25) is 4.79 Å². The molecule has 0 heterocycles. The number of aryl methyl sites for hydroxylation is 1. The third-order valence-corrected chi connectivity index (χ3v) is 2.90. The first-order valence-electron chi connectivity index (χ1n) is 6.63. The number of carbonyl (C=O) groups is 1. The Morgan fingerprint density at radius 3 is 2.68 bits per heavy atom. The molecule has 0 bridgehead atoms. The minimum absolute atomic E-state index is 0.00233. The minimum atomic E-state index is -0.647. The van der Waals surface area contributed by atoms with Crippen LogP contribution in [0, 0.1) is 12.7 Å². The van der Waals surface area contributed by atoms with E-state index < -0.39 is 6.10 Å². The lowest BCUT2D eigenvalue weighted by molar-refractivity contribution is -0.121. The molecular weight excluding hydrogens is 245 g/mol. The number of nitrogens with one attached hydrogen (secondary N) is 1. The first-order chi connectivity index (χ1) is 8.90. The Morgan fingerprint density at radius 1 is 1.42 bits per heavy atom. The zero-order valence-electron chi connectivity index (χ0n) is 11.7. The molecule has 0 saturated carbocycles. The number of carbonyl (C=O) groups excluding carboxylic acids is 1. The van der Waals surface area contributed by atoms with E-state index in [9.17, 15) is 14.3 Å². The predicted octanol–water partition coefficient (Wildman–Crippen LogP) is 2.86. The predicted molar refractivity (Wildman–Crippen MR) is 73.2 cm³/mol. The molecule has 0 aliphatic carbocycles. The van der Waals surface area contributed by atoms with Crippen molar-refractivity contribution in [2.75, 3.05) is 0 Å². The highest BCUT2D eigenvalue weighted by atomic mass is 19.1. The summed E-state index contributed by atoms with van der Waals surface area (Å²) in [6.07, 6.45) is 0.855. The molecule has 1 rings (SSSR count). The Hall–Kier alpha value is -1.42. The molecule has 3 nitrogen and oxygen atoms in total. The third-order valence-electron chi connectivity index (χ3n) is 2.90. The Kier molecular flexibility index (Phi) is 5.96. The van der Waals surface area contributed by atoms with Crippen LogP contribution in [-0.2, 0) is 4.79 Å². The van der Waals surface area contributed by atoms with E-state index in [1.807, 2.05) is 13.8 Å².